The van der Waals surface area contributed by atoms with Crippen molar-refractivity contribution in [1.29, 1.82) is 5.41 Å². The van der Waals surface area contributed by atoms with Crippen LogP contribution in [-0.2, 0) is 17.8 Å². The Labute approximate surface area is 194 Å². The van der Waals surface area contributed by atoms with E-state index in [2.05, 4.69) is 4.74 Å². The Kier molecular flexibility index (Phi) is 6.95. The number of phenolic OH excluding ortho intramolecular Hbond substituents is 1. The third-order valence-corrected chi connectivity index (χ3v) is 5.18. The van der Waals surface area contributed by atoms with Crippen LogP contribution in [0.3, 0.4) is 0 Å². The number of nitrogens with one attached hydrogen (secondary N) is 1. The number of ether oxygens (including phenoxy) is 1. The summed E-state index contributed by atoms with van der Waals surface area (Å²) in [5.41, 5.74) is 3.05. The normalized spacial score (nSPS) is 10.5. The Morgan fingerprint density at radius 2 is 1.56 bits per heavy atom. The van der Waals surface area contributed by atoms with E-state index in [9.17, 15) is 14.7 Å². The van der Waals surface area contributed by atoms with Gasteiger partial charge in [-0.15, -0.1) is 17.0 Å². The fourth-order valence-corrected chi connectivity index (χ4v) is 3.60. The van der Waals surface area contributed by atoms with Crippen molar-refractivity contribution in [1.82, 2.24) is 9.13 Å². The number of esters is 1. The van der Waals surface area contributed by atoms with Crippen LogP contribution in [-0.4, -0.2) is 33.1 Å². The number of fused-ring (bicyclic) bond motifs is 1. The zero-order valence-electron chi connectivity index (χ0n) is 17.3. The molecular weight excluding hydrogens is 474 g/mol. The Morgan fingerprint density at radius 1 is 0.938 bits per heavy atom. The first-order chi connectivity index (χ1) is 15.0. The summed E-state index contributed by atoms with van der Waals surface area (Å²) in [6, 6.07) is 21.5. The van der Waals surface area contributed by atoms with Gasteiger partial charge in [0.15, 0.2) is 5.78 Å². The molecule has 0 saturated carbocycles. The average Bonchev–Trinajstić information content (AvgIpc) is 3.05. The van der Waals surface area contributed by atoms with E-state index in [1.807, 2.05) is 59.2 Å². The maximum absolute atomic E-state index is 13.0. The van der Waals surface area contributed by atoms with Gasteiger partial charge in [0.1, 0.15) is 11.3 Å². The lowest BCUT2D eigenvalue weighted by Crippen LogP contribution is -2.27. The number of halogens is 1. The first-order valence-electron chi connectivity index (χ1n) is 9.70. The highest BCUT2D eigenvalue weighted by Gasteiger charge is 2.18. The minimum atomic E-state index is -0.722. The van der Waals surface area contributed by atoms with E-state index < -0.39 is 5.97 Å². The first-order valence-corrected chi connectivity index (χ1v) is 9.70. The van der Waals surface area contributed by atoms with Crippen molar-refractivity contribution in [3.05, 3.63) is 95.1 Å². The number of benzene rings is 3. The van der Waals surface area contributed by atoms with Gasteiger partial charge in [0.25, 0.3) is 0 Å². The molecule has 4 rings (SSSR count). The number of Topliss-reactive ketones (excluding diaryl/α,β-unsaturated/α-hetero) is 1. The van der Waals surface area contributed by atoms with Gasteiger partial charge in [-0.1, -0.05) is 42.5 Å². The zero-order valence-corrected chi connectivity index (χ0v) is 19.0. The number of carbonyl (C=O) groups is 2. The minimum absolute atomic E-state index is 0. The number of carbonyl (C=O) groups excluding carboxylic acids is 2. The Bertz CT molecular complexity index is 1340. The maximum atomic E-state index is 13.0. The molecule has 0 saturated heterocycles. The van der Waals surface area contributed by atoms with Crippen LogP contribution in [0.1, 0.15) is 26.3 Å². The van der Waals surface area contributed by atoms with Crippen molar-refractivity contribution in [2.24, 2.45) is 0 Å². The Hall–Kier alpha value is -3.65. The molecule has 0 amide bonds. The van der Waals surface area contributed by atoms with Crippen LogP contribution in [0.5, 0.6) is 5.75 Å². The summed E-state index contributed by atoms with van der Waals surface area (Å²) in [6.07, 6.45) is 0. The number of para-hydroxylation sites is 2. The number of hydrogen-bond donors (Lipinski definition) is 2. The summed E-state index contributed by atoms with van der Waals surface area (Å²) in [6.45, 7) is 0.430. The maximum Gasteiger partial charge on any atom is 0.341 e. The van der Waals surface area contributed by atoms with Crippen LogP contribution in [0.25, 0.3) is 11.0 Å². The molecule has 0 aliphatic carbocycles. The van der Waals surface area contributed by atoms with Crippen molar-refractivity contribution >= 4 is 39.8 Å². The van der Waals surface area contributed by atoms with E-state index in [-0.39, 0.29) is 51.8 Å². The minimum Gasteiger partial charge on any atom is -0.507 e. The highest BCUT2D eigenvalue weighted by atomic mass is 79.9. The second-order valence-corrected chi connectivity index (χ2v) is 7.12. The van der Waals surface area contributed by atoms with Gasteiger partial charge in [-0.2, -0.15) is 0 Å². The summed E-state index contributed by atoms with van der Waals surface area (Å²) in [5, 5.41) is 18.6. The van der Waals surface area contributed by atoms with E-state index in [4.69, 9.17) is 5.41 Å². The topological polar surface area (TPSA) is 97.3 Å². The standard InChI is InChI=1S/C24H21N3O4.BrH/c1-31-23(30)18-13-17(11-12-21(18)28)22(29)15-27-20-10-6-5-9-19(20)26(24(27)25)14-16-7-3-2-4-8-16;/h2-13,25,28H,14-15H2,1H3;1H. The van der Waals surface area contributed by atoms with Gasteiger partial charge in [0.2, 0.25) is 5.62 Å². The number of ketones is 1. The number of phenols is 1. The molecule has 0 aliphatic heterocycles. The molecule has 8 heteroatoms. The molecule has 7 nitrogen and oxygen atoms in total. The van der Waals surface area contributed by atoms with Crippen LogP contribution in [0.4, 0.5) is 0 Å². The lowest BCUT2D eigenvalue weighted by atomic mass is 10.1. The monoisotopic (exact) mass is 495 g/mol. The van der Waals surface area contributed by atoms with Gasteiger partial charge in [0, 0.05) is 5.56 Å². The van der Waals surface area contributed by atoms with E-state index >= 15 is 0 Å². The average molecular weight is 496 g/mol. The number of aromatic nitrogens is 2. The fraction of sp³-hybridized carbons (Fsp3) is 0.125. The number of nitrogens with zero attached hydrogens (tertiary/aromatic N) is 2. The van der Waals surface area contributed by atoms with Gasteiger partial charge in [-0.25, -0.2) is 4.79 Å². The number of hydrogen-bond acceptors (Lipinski definition) is 5. The van der Waals surface area contributed by atoms with Crippen molar-refractivity contribution in [3.8, 4) is 5.75 Å². The number of imidazole rings is 1. The summed E-state index contributed by atoms with van der Waals surface area (Å²) in [5.74, 6) is -1.26. The third-order valence-electron chi connectivity index (χ3n) is 5.18. The number of rotatable bonds is 6. The van der Waals surface area contributed by atoms with Crippen molar-refractivity contribution in [2.45, 2.75) is 13.1 Å². The van der Waals surface area contributed by atoms with Crippen LogP contribution in [0.2, 0.25) is 0 Å². The number of methoxy groups -OCH3 is 1. The van der Waals surface area contributed by atoms with E-state index in [0.717, 1.165) is 16.6 Å². The smallest absolute Gasteiger partial charge is 0.341 e. The molecule has 2 N–H and O–H groups in total. The first kappa shape index (κ1) is 23.0. The number of aromatic hydroxyl groups is 1. The van der Waals surface area contributed by atoms with Gasteiger partial charge < -0.3 is 19.0 Å². The molecule has 0 unspecified atom stereocenters. The van der Waals surface area contributed by atoms with E-state index in [0.29, 0.717) is 6.54 Å². The molecular formula is C24H22BrN3O4. The molecule has 164 valence electrons. The van der Waals surface area contributed by atoms with Crippen molar-refractivity contribution in [3.63, 3.8) is 0 Å². The van der Waals surface area contributed by atoms with Crippen LogP contribution in [0.15, 0.2) is 72.8 Å². The van der Waals surface area contributed by atoms with Gasteiger partial charge in [-0.05, 0) is 35.9 Å². The lowest BCUT2D eigenvalue weighted by molar-refractivity contribution is 0.0597. The van der Waals surface area contributed by atoms with Gasteiger partial charge in [0.05, 0.1) is 31.2 Å². The van der Waals surface area contributed by atoms with E-state index in [1.54, 1.807) is 4.57 Å². The molecule has 0 fully saturated rings. The summed E-state index contributed by atoms with van der Waals surface area (Å²) in [7, 11) is 1.21. The summed E-state index contributed by atoms with van der Waals surface area (Å²) in [4.78, 5) is 24.8. The van der Waals surface area contributed by atoms with Crippen LogP contribution >= 0.6 is 17.0 Å². The van der Waals surface area contributed by atoms with E-state index in [1.165, 1.54) is 25.3 Å². The lowest BCUT2D eigenvalue weighted by Gasteiger charge is -2.07. The second kappa shape index (κ2) is 9.65. The molecule has 3 aromatic carbocycles. The van der Waals surface area contributed by atoms with Crippen LogP contribution in [0, 0.1) is 5.41 Å². The molecule has 0 spiro atoms. The predicted octanol–water partition coefficient (Wildman–Crippen LogP) is 3.92. The molecule has 0 bridgehead atoms. The molecule has 1 aromatic heterocycles. The summed E-state index contributed by atoms with van der Waals surface area (Å²) < 4.78 is 8.16. The molecule has 0 atom stereocenters. The van der Waals surface area contributed by atoms with Crippen molar-refractivity contribution < 1.29 is 19.4 Å². The molecule has 0 radical (unpaired) electrons. The SMILES string of the molecule is Br.COC(=O)c1cc(C(=O)Cn2c(=N)n(Cc3ccccc3)c3ccccc32)ccc1O. The molecule has 0 aliphatic rings. The van der Waals surface area contributed by atoms with Crippen molar-refractivity contribution in [2.75, 3.05) is 7.11 Å². The van der Waals surface area contributed by atoms with Gasteiger partial charge in [-0.3, -0.25) is 10.2 Å². The fourth-order valence-electron chi connectivity index (χ4n) is 3.60. The zero-order chi connectivity index (χ0) is 22.0. The summed E-state index contributed by atoms with van der Waals surface area (Å²) >= 11 is 0. The quantitative estimate of drug-likeness (QED) is 0.312. The predicted molar refractivity (Wildman–Crippen MR) is 125 cm³/mol. The van der Waals surface area contributed by atoms with Gasteiger partial charge >= 0.3 is 5.97 Å². The molecule has 32 heavy (non-hydrogen) atoms. The Balaban J connectivity index is 0.00000289. The Morgan fingerprint density at radius 3 is 2.22 bits per heavy atom. The second-order valence-electron chi connectivity index (χ2n) is 7.12. The largest absolute Gasteiger partial charge is 0.507 e. The highest BCUT2D eigenvalue weighted by molar-refractivity contribution is 8.93. The van der Waals surface area contributed by atoms with Crippen LogP contribution < -0.4 is 5.62 Å². The highest BCUT2D eigenvalue weighted by Crippen LogP contribution is 2.21. The third kappa shape index (κ3) is 4.36. The molecule has 4 aromatic rings. The molecule has 1 heterocycles.